The van der Waals surface area contributed by atoms with E-state index in [1.54, 1.807) is 6.08 Å². The van der Waals surface area contributed by atoms with Crippen LogP contribution >= 0.6 is 0 Å². The summed E-state index contributed by atoms with van der Waals surface area (Å²) in [7, 11) is 0. The second-order valence-electron chi connectivity index (χ2n) is 6.24. The van der Waals surface area contributed by atoms with Gasteiger partial charge in [-0.05, 0) is 24.6 Å². The molecular formula is C19H14F3N5O. The zero-order valence-corrected chi connectivity index (χ0v) is 14.4. The molecule has 0 bridgehead atoms. The summed E-state index contributed by atoms with van der Waals surface area (Å²) in [5, 5.41) is 14.6. The molecule has 1 aliphatic rings. The number of imidazole rings is 1. The van der Waals surface area contributed by atoms with Crippen molar-refractivity contribution in [3.63, 3.8) is 0 Å². The van der Waals surface area contributed by atoms with Gasteiger partial charge < -0.3 is 4.74 Å². The van der Waals surface area contributed by atoms with Gasteiger partial charge in [0.15, 0.2) is 6.40 Å². The highest BCUT2D eigenvalue weighted by atomic mass is 19.4. The van der Waals surface area contributed by atoms with E-state index < -0.39 is 11.7 Å². The highest BCUT2D eigenvalue weighted by Crippen LogP contribution is 2.37. The van der Waals surface area contributed by atoms with E-state index in [0.29, 0.717) is 24.2 Å². The molecule has 0 saturated heterocycles. The molecule has 0 fully saturated rings. The molecule has 0 aliphatic heterocycles. The summed E-state index contributed by atoms with van der Waals surface area (Å²) in [5.41, 5.74) is 0.0778. The van der Waals surface area contributed by atoms with Gasteiger partial charge in [-0.2, -0.15) is 13.2 Å². The van der Waals surface area contributed by atoms with E-state index in [1.807, 2.05) is 18.2 Å². The van der Waals surface area contributed by atoms with E-state index in [-0.39, 0.29) is 28.5 Å². The number of alkyl halides is 3. The van der Waals surface area contributed by atoms with Crippen LogP contribution < -0.4 is 0 Å². The summed E-state index contributed by atoms with van der Waals surface area (Å²) in [6, 6.07) is 3.86. The van der Waals surface area contributed by atoms with Crippen molar-refractivity contribution in [3.05, 3.63) is 65.7 Å². The van der Waals surface area contributed by atoms with Crippen molar-refractivity contribution < 1.29 is 17.9 Å². The number of nitrogens with one attached hydrogen (secondary N) is 2. The van der Waals surface area contributed by atoms with Crippen LogP contribution in [0.1, 0.15) is 29.3 Å². The lowest BCUT2D eigenvalue weighted by molar-refractivity contribution is -0.136. The van der Waals surface area contributed by atoms with E-state index in [0.717, 1.165) is 6.07 Å². The molecule has 1 atom stereocenters. The van der Waals surface area contributed by atoms with E-state index >= 15 is 0 Å². The first-order chi connectivity index (χ1) is 13.4. The summed E-state index contributed by atoms with van der Waals surface area (Å²) in [5.74, 6) is -0.632. The van der Waals surface area contributed by atoms with Gasteiger partial charge in [0.25, 0.3) is 0 Å². The molecule has 2 N–H and O–H groups in total. The number of aromatic nitrogens is 3. The number of fused-ring (bicyclic) bond motifs is 3. The third-order valence-electron chi connectivity index (χ3n) is 4.49. The van der Waals surface area contributed by atoms with Gasteiger partial charge in [-0.3, -0.25) is 15.2 Å². The molecule has 142 valence electrons. The molecule has 1 unspecified atom stereocenters. The SMILES string of the molecule is N=COC(=N)c1cn2c(ccc3c(C(F)(F)F)cc(C4C=CC=CC4)nc32)n1. The molecule has 1 aliphatic carbocycles. The first kappa shape index (κ1) is 17.9. The van der Waals surface area contributed by atoms with Gasteiger partial charge in [0.05, 0.1) is 11.3 Å². The van der Waals surface area contributed by atoms with Crippen LogP contribution in [0.25, 0.3) is 16.7 Å². The molecule has 0 saturated carbocycles. The Labute approximate surface area is 157 Å². The second-order valence-corrected chi connectivity index (χ2v) is 6.24. The monoisotopic (exact) mass is 385 g/mol. The lowest BCUT2D eigenvalue weighted by Gasteiger charge is -2.17. The molecular weight excluding hydrogens is 371 g/mol. The van der Waals surface area contributed by atoms with Crippen molar-refractivity contribution in [2.75, 3.05) is 0 Å². The number of pyridine rings is 2. The first-order valence-electron chi connectivity index (χ1n) is 8.36. The Morgan fingerprint density at radius 3 is 2.75 bits per heavy atom. The van der Waals surface area contributed by atoms with Gasteiger partial charge in [-0.25, -0.2) is 9.97 Å². The zero-order valence-electron chi connectivity index (χ0n) is 14.4. The maximum Gasteiger partial charge on any atom is 0.417 e. The summed E-state index contributed by atoms with van der Waals surface area (Å²) in [6.07, 6.45) is 5.34. The fourth-order valence-electron chi connectivity index (χ4n) is 3.20. The number of nitrogens with zero attached hydrogens (tertiary/aromatic N) is 3. The van der Waals surface area contributed by atoms with Gasteiger partial charge in [-0.15, -0.1) is 0 Å². The highest BCUT2D eigenvalue weighted by molar-refractivity contribution is 5.94. The van der Waals surface area contributed by atoms with Crippen molar-refractivity contribution in [2.45, 2.75) is 18.5 Å². The average molecular weight is 385 g/mol. The Bertz CT molecular complexity index is 1160. The molecule has 0 spiro atoms. The quantitative estimate of drug-likeness (QED) is 0.516. The summed E-state index contributed by atoms with van der Waals surface area (Å²) in [4.78, 5) is 8.68. The molecule has 4 rings (SSSR count). The molecule has 9 heteroatoms. The molecule has 3 heterocycles. The second kappa shape index (κ2) is 6.59. The highest BCUT2D eigenvalue weighted by Gasteiger charge is 2.34. The van der Waals surface area contributed by atoms with E-state index in [2.05, 4.69) is 9.97 Å². The minimum Gasteiger partial charge on any atom is -0.426 e. The Kier molecular flexibility index (Phi) is 4.21. The minimum atomic E-state index is -4.54. The third-order valence-corrected chi connectivity index (χ3v) is 4.49. The molecule has 0 amide bonds. The van der Waals surface area contributed by atoms with Crippen LogP contribution in [0.2, 0.25) is 0 Å². The first-order valence-corrected chi connectivity index (χ1v) is 8.36. The Morgan fingerprint density at radius 1 is 1.25 bits per heavy atom. The normalized spacial score (nSPS) is 16.6. The molecule has 28 heavy (non-hydrogen) atoms. The topological polar surface area (TPSA) is 87.1 Å². The van der Waals surface area contributed by atoms with Gasteiger partial charge >= 0.3 is 6.18 Å². The zero-order chi connectivity index (χ0) is 19.9. The maximum atomic E-state index is 13.7. The van der Waals surface area contributed by atoms with Gasteiger partial charge in [0.1, 0.15) is 17.0 Å². The van der Waals surface area contributed by atoms with Crippen LogP contribution in [0.3, 0.4) is 0 Å². The molecule has 3 aromatic rings. The molecule has 6 nitrogen and oxygen atoms in total. The number of rotatable bonds is 3. The lowest BCUT2D eigenvalue weighted by atomic mass is 9.95. The van der Waals surface area contributed by atoms with Crippen molar-refractivity contribution in [1.29, 1.82) is 10.8 Å². The number of halogens is 3. The van der Waals surface area contributed by atoms with Crippen LogP contribution in [0, 0.1) is 10.8 Å². The average Bonchev–Trinajstić information content (AvgIpc) is 3.12. The summed E-state index contributed by atoms with van der Waals surface area (Å²) >= 11 is 0. The van der Waals surface area contributed by atoms with Crippen molar-refractivity contribution >= 4 is 29.0 Å². The Hall–Kier alpha value is -3.49. The number of allylic oxidation sites excluding steroid dienone is 4. The van der Waals surface area contributed by atoms with Crippen LogP contribution in [-0.4, -0.2) is 26.7 Å². The standard InChI is InChI=1S/C19H14F3N5O/c20-19(21,22)13-8-14(11-4-2-1-3-5-11)26-18-12(13)6-7-16-25-15(9-27(16)18)17(24)28-10-23/h1-4,6-11,23-24H,5H2. The van der Waals surface area contributed by atoms with E-state index in [4.69, 9.17) is 15.6 Å². The maximum absolute atomic E-state index is 13.7. The van der Waals surface area contributed by atoms with Crippen LogP contribution in [0.15, 0.2) is 48.7 Å². The summed E-state index contributed by atoms with van der Waals surface area (Å²) in [6.45, 7) is 0. The van der Waals surface area contributed by atoms with Crippen molar-refractivity contribution in [3.8, 4) is 0 Å². The molecule has 0 radical (unpaired) electrons. The number of hydrogen-bond acceptors (Lipinski definition) is 5. The third kappa shape index (κ3) is 3.04. The van der Waals surface area contributed by atoms with Crippen LogP contribution in [0.4, 0.5) is 13.2 Å². The summed E-state index contributed by atoms with van der Waals surface area (Å²) < 4.78 is 47.3. The fourth-order valence-corrected chi connectivity index (χ4v) is 3.20. The Balaban J connectivity index is 1.98. The van der Waals surface area contributed by atoms with Crippen LogP contribution in [-0.2, 0) is 10.9 Å². The van der Waals surface area contributed by atoms with Gasteiger partial charge in [0, 0.05) is 17.5 Å². The predicted molar refractivity (Wildman–Crippen MR) is 97.8 cm³/mol. The largest absolute Gasteiger partial charge is 0.426 e. The minimum absolute atomic E-state index is 0.0532. The lowest BCUT2D eigenvalue weighted by Crippen LogP contribution is -2.11. The van der Waals surface area contributed by atoms with Crippen molar-refractivity contribution in [2.24, 2.45) is 0 Å². The molecule has 0 aromatic carbocycles. The molecule has 3 aromatic heterocycles. The van der Waals surface area contributed by atoms with Crippen LogP contribution in [0.5, 0.6) is 0 Å². The number of hydrogen-bond donors (Lipinski definition) is 2. The Morgan fingerprint density at radius 2 is 2.07 bits per heavy atom. The van der Waals surface area contributed by atoms with Gasteiger partial charge in [-0.1, -0.05) is 24.3 Å². The van der Waals surface area contributed by atoms with Crippen molar-refractivity contribution in [1.82, 2.24) is 14.4 Å². The number of ether oxygens (including phenoxy) is 1. The predicted octanol–water partition coefficient (Wildman–Crippen LogP) is 4.45. The van der Waals surface area contributed by atoms with Gasteiger partial charge in [0.2, 0.25) is 5.90 Å². The van der Waals surface area contributed by atoms with E-state index in [9.17, 15) is 13.2 Å². The smallest absolute Gasteiger partial charge is 0.417 e. The fraction of sp³-hybridized carbons (Fsp3) is 0.158. The van der Waals surface area contributed by atoms with E-state index in [1.165, 1.54) is 22.7 Å².